The van der Waals surface area contributed by atoms with E-state index in [0.717, 1.165) is 72.0 Å². The van der Waals surface area contributed by atoms with Gasteiger partial charge in [-0.1, -0.05) is 96.4 Å². The summed E-state index contributed by atoms with van der Waals surface area (Å²) in [5, 5.41) is 4.96. The number of benzene rings is 6. The molecule has 0 spiro atoms. The van der Waals surface area contributed by atoms with E-state index in [1.165, 1.54) is 11.1 Å². The van der Waals surface area contributed by atoms with Crippen molar-refractivity contribution in [1.82, 2.24) is 18.9 Å². The van der Waals surface area contributed by atoms with Gasteiger partial charge in [-0.2, -0.15) is 18.2 Å². The molecule has 0 N–H and O–H groups in total. The van der Waals surface area contributed by atoms with Crippen LogP contribution in [0, 0.1) is 12.1 Å². The smallest absolute Gasteiger partial charge is 0.340 e. The van der Waals surface area contributed by atoms with Crippen LogP contribution in [0.4, 0.5) is 21.5 Å². The van der Waals surface area contributed by atoms with Gasteiger partial charge in [0.15, 0.2) is 0 Å². The molecule has 0 radical (unpaired) electrons. The maximum atomic E-state index is 17.0. The zero-order chi connectivity index (χ0) is 36.1. The van der Waals surface area contributed by atoms with Crippen molar-refractivity contribution < 1.29 is 25.5 Å². The predicted octanol–water partition coefficient (Wildman–Crippen LogP) is 11.9. The molecule has 5 nitrogen and oxygen atoms in total. The second kappa shape index (κ2) is 12.5. The molecule has 0 bridgehead atoms. The SMILES string of the molecule is CC1(C)c2ccccc2N(c2ccccc2)c2ccc3c(c21)c1ccc(C(F)c2[c-]c4c(cc2)c2ccccc2n2ccnc42)[c-]c1n3-c1ccccn1.[Pt+2]. The number of anilines is 3. The minimum atomic E-state index is -1.47. The van der Waals surface area contributed by atoms with Crippen LogP contribution in [-0.4, -0.2) is 18.9 Å². The Hall–Kier alpha value is -6.10. The van der Waals surface area contributed by atoms with Crippen molar-refractivity contribution >= 4 is 66.2 Å². The normalized spacial score (nSPS) is 14.0. The minimum Gasteiger partial charge on any atom is -0.340 e. The largest absolute Gasteiger partial charge is 2.00 e. The second-order valence-corrected chi connectivity index (χ2v) is 14.6. The van der Waals surface area contributed by atoms with Gasteiger partial charge in [0.2, 0.25) is 0 Å². The Morgan fingerprint density at radius 1 is 0.636 bits per heavy atom. The average Bonchev–Trinajstić information content (AvgIpc) is 3.85. The van der Waals surface area contributed by atoms with Crippen LogP contribution in [0.5, 0.6) is 0 Å². The summed E-state index contributed by atoms with van der Waals surface area (Å²) >= 11 is 0. The molecule has 0 fully saturated rings. The standard InChI is InChI=1S/C48H32FN5.Pt/c1-48(2)37-15-7-9-17-39(37)53(32-12-4-3-5-13-32)41-24-23-40-44(45(41)48)35-22-20-31(29-42(35)54(40)43-18-10-11-25-50-43)46(49)30-19-21-33-34-14-6-8-16-38(34)52-27-26-51-47(52)36(33)28-30;/h3-27,46H,1-2H3;/q-2;+2. The fourth-order valence-electron chi connectivity index (χ4n) is 8.86. The summed E-state index contributed by atoms with van der Waals surface area (Å²) in [5.74, 6) is 0.751. The van der Waals surface area contributed by atoms with Gasteiger partial charge in [0, 0.05) is 46.4 Å². The predicted molar refractivity (Wildman–Crippen MR) is 216 cm³/mol. The van der Waals surface area contributed by atoms with Gasteiger partial charge < -0.3 is 13.9 Å². The Labute approximate surface area is 331 Å². The first-order valence-corrected chi connectivity index (χ1v) is 18.2. The van der Waals surface area contributed by atoms with Crippen LogP contribution >= 0.6 is 0 Å². The number of rotatable bonds is 4. The Balaban J connectivity index is 0.00000372. The molecule has 1 aliphatic rings. The van der Waals surface area contributed by atoms with E-state index in [1.807, 2.05) is 59.1 Å². The van der Waals surface area contributed by atoms with E-state index < -0.39 is 6.17 Å². The fourth-order valence-corrected chi connectivity index (χ4v) is 8.86. The van der Waals surface area contributed by atoms with Crippen LogP contribution in [0.25, 0.3) is 54.9 Å². The van der Waals surface area contributed by atoms with E-state index in [4.69, 9.17) is 4.98 Å². The molecule has 0 aliphatic carbocycles. The number of aromatic nitrogens is 4. The van der Waals surface area contributed by atoms with Gasteiger partial charge in [0.25, 0.3) is 0 Å². The Kier molecular flexibility index (Phi) is 7.59. The summed E-state index contributed by atoms with van der Waals surface area (Å²) in [6.07, 6.45) is 4.06. The van der Waals surface area contributed by atoms with Gasteiger partial charge in [0.1, 0.15) is 12.0 Å². The molecule has 266 valence electrons. The molecule has 0 saturated heterocycles. The first kappa shape index (κ1) is 33.5. The molecule has 1 unspecified atom stereocenters. The molecule has 4 aromatic heterocycles. The molecular formula is C48H32FN5Pt. The van der Waals surface area contributed by atoms with Crippen LogP contribution in [0.2, 0.25) is 0 Å². The van der Waals surface area contributed by atoms with E-state index in [9.17, 15) is 0 Å². The number of para-hydroxylation sites is 3. The number of pyridine rings is 2. The minimum absolute atomic E-state index is 0. The number of hydrogen-bond acceptors (Lipinski definition) is 3. The van der Waals surface area contributed by atoms with Gasteiger partial charge in [-0.15, -0.1) is 29.1 Å². The van der Waals surface area contributed by atoms with Crippen LogP contribution < -0.4 is 4.90 Å². The second-order valence-electron chi connectivity index (χ2n) is 14.6. The number of alkyl halides is 1. The van der Waals surface area contributed by atoms with Gasteiger partial charge in [-0.05, 0) is 70.4 Å². The van der Waals surface area contributed by atoms with Crippen molar-refractivity contribution in [2.75, 3.05) is 4.90 Å². The molecule has 6 aromatic carbocycles. The zero-order valence-corrected chi connectivity index (χ0v) is 32.2. The van der Waals surface area contributed by atoms with Gasteiger partial charge in [0.05, 0.1) is 11.3 Å². The van der Waals surface area contributed by atoms with Crippen molar-refractivity contribution in [2.45, 2.75) is 25.4 Å². The summed E-state index contributed by atoms with van der Waals surface area (Å²) in [6.45, 7) is 4.61. The third-order valence-corrected chi connectivity index (χ3v) is 11.3. The Morgan fingerprint density at radius 2 is 1.38 bits per heavy atom. The molecule has 1 atom stereocenters. The zero-order valence-electron chi connectivity index (χ0n) is 29.9. The van der Waals surface area contributed by atoms with Crippen LogP contribution in [0.1, 0.15) is 42.3 Å². The molecule has 55 heavy (non-hydrogen) atoms. The first-order chi connectivity index (χ1) is 26.5. The number of hydrogen-bond donors (Lipinski definition) is 0. The molecule has 0 amide bonds. The molecule has 11 rings (SSSR count). The summed E-state index contributed by atoms with van der Waals surface area (Å²) in [5.41, 5.74) is 9.92. The monoisotopic (exact) mass is 892 g/mol. The molecule has 10 aromatic rings. The molecule has 7 heteroatoms. The van der Waals surface area contributed by atoms with Gasteiger partial charge >= 0.3 is 21.1 Å². The van der Waals surface area contributed by atoms with Crippen molar-refractivity contribution in [2.24, 2.45) is 0 Å². The topological polar surface area (TPSA) is 38.4 Å². The van der Waals surface area contributed by atoms with Gasteiger partial charge in [-0.25, -0.2) is 9.37 Å². The molecule has 0 saturated carbocycles. The first-order valence-electron chi connectivity index (χ1n) is 18.2. The third kappa shape index (κ3) is 4.81. The van der Waals surface area contributed by atoms with E-state index >= 15 is 4.39 Å². The molecular weight excluding hydrogens is 861 g/mol. The Bertz CT molecular complexity index is 3110. The number of halogens is 1. The summed E-state index contributed by atoms with van der Waals surface area (Å²) in [4.78, 5) is 11.8. The van der Waals surface area contributed by atoms with Crippen molar-refractivity contribution in [3.05, 3.63) is 186 Å². The summed E-state index contributed by atoms with van der Waals surface area (Å²) in [6, 6.07) is 52.6. The Morgan fingerprint density at radius 3 is 2.22 bits per heavy atom. The van der Waals surface area contributed by atoms with Crippen LogP contribution in [0.15, 0.2) is 152 Å². The third-order valence-electron chi connectivity index (χ3n) is 11.3. The van der Waals surface area contributed by atoms with Crippen molar-refractivity contribution in [3.8, 4) is 5.82 Å². The number of nitrogens with zero attached hydrogens (tertiary/aromatic N) is 5. The fraction of sp³-hybridized carbons (Fsp3) is 0.0833. The average molecular weight is 893 g/mol. The van der Waals surface area contributed by atoms with E-state index in [-0.39, 0.29) is 26.5 Å². The van der Waals surface area contributed by atoms with Gasteiger partial charge in [-0.3, -0.25) is 4.98 Å². The van der Waals surface area contributed by atoms with E-state index in [1.54, 1.807) is 12.4 Å². The number of fused-ring (bicyclic) bond motifs is 12. The van der Waals surface area contributed by atoms with E-state index in [0.29, 0.717) is 11.1 Å². The molecule has 1 aliphatic heterocycles. The van der Waals surface area contributed by atoms with Crippen molar-refractivity contribution in [1.29, 1.82) is 0 Å². The summed E-state index contributed by atoms with van der Waals surface area (Å²) < 4.78 is 21.2. The van der Waals surface area contributed by atoms with Crippen LogP contribution in [-0.2, 0) is 26.5 Å². The van der Waals surface area contributed by atoms with Crippen LogP contribution in [0.3, 0.4) is 0 Å². The maximum absolute atomic E-state index is 17.0. The van der Waals surface area contributed by atoms with E-state index in [2.05, 4.69) is 125 Å². The quantitative estimate of drug-likeness (QED) is 0.131. The molecule has 5 heterocycles. The number of imidazole rings is 1. The summed E-state index contributed by atoms with van der Waals surface area (Å²) in [7, 11) is 0. The van der Waals surface area contributed by atoms with Crippen molar-refractivity contribution in [3.63, 3.8) is 0 Å². The maximum Gasteiger partial charge on any atom is 2.00 e.